The van der Waals surface area contributed by atoms with Gasteiger partial charge in [0.25, 0.3) is 0 Å². The van der Waals surface area contributed by atoms with Crippen molar-refractivity contribution < 1.29 is 0 Å². The molecule has 0 nitrogen and oxygen atoms in total. The van der Waals surface area contributed by atoms with Crippen LogP contribution in [-0.2, 0) is 5.41 Å². The van der Waals surface area contributed by atoms with Crippen LogP contribution in [0.15, 0.2) is 24.3 Å². The van der Waals surface area contributed by atoms with Crippen molar-refractivity contribution in [2.45, 2.75) is 58.3 Å². The van der Waals surface area contributed by atoms with Gasteiger partial charge in [-0.3, -0.25) is 0 Å². The van der Waals surface area contributed by atoms with Crippen molar-refractivity contribution in [1.29, 1.82) is 0 Å². The summed E-state index contributed by atoms with van der Waals surface area (Å²) in [5, 5.41) is 0. The lowest BCUT2D eigenvalue weighted by Gasteiger charge is -2.21. The van der Waals surface area contributed by atoms with E-state index in [9.17, 15) is 0 Å². The van der Waals surface area contributed by atoms with Crippen molar-refractivity contribution in [3.8, 4) is 0 Å². The van der Waals surface area contributed by atoms with E-state index < -0.39 is 0 Å². The highest BCUT2D eigenvalue weighted by Crippen LogP contribution is 2.38. The summed E-state index contributed by atoms with van der Waals surface area (Å²) in [4.78, 5) is 0. The van der Waals surface area contributed by atoms with Gasteiger partial charge in [-0.2, -0.15) is 0 Å². The summed E-state index contributed by atoms with van der Waals surface area (Å²) in [5.74, 6) is 1.74. The van der Waals surface area contributed by atoms with Gasteiger partial charge < -0.3 is 0 Å². The molecule has 0 heterocycles. The Morgan fingerprint density at radius 2 is 1.88 bits per heavy atom. The average Bonchev–Trinajstić information content (AvgIpc) is 2.64. The molecule has 0 aromatic heterocycles. The number of benzene rings is 1. The molecule has 0 unspecified atom stereocenters. The van der Waals surface area contributed by atoms with Crippen molar-refractivity contribution in [2.24, 2.45) is 5.92 Å². The Hall–Kier alpha value is -0.780. The third kappa shape index (κ3) is 2.48. The Balaban J connectivity index is 2.23. The van der Waals surface area contributed by atoms with Crippen LogP contribution in [-0.4, -0.2) is 0 Å². The van der Waals surface area contributed by atoms with E-state index in [0.29, 0.717) is 0 Å². The van der Waals surface area contributed by atoms with E-state index in [4.69, 9.17) is 0 Å². The lowest BCUT2D eigenvalue weighted by atomic mass is 9.84. The lowest BCUT2D eigenvalue weighted by molar-refractivity contribution is 0.582. The predicted molar refractivity (Wildman–Crippen MR) is 70.9 cm³/mol. The van der Waals surface area contributed by atoms with E-state index in [1.54, 1.807) is 5.56 Å². The normalized spacial score (nSPS) is 26.0. The molecule has 1 saturated carbocycles. The van der Waals surface area contributed by atoms with Gasteiger partial charge in [0.1, 0.15) is 0 Å². The van der Waals surface area contributed by atoms with E-state index in [0.717, 1.165) is 11.8 Å². The number of rotatable bonds is 1. The predicted octanol–water partition coefficient (Wildman–Crippen LogP) is 4.89. The highest BCUT2D eigenvalue weighted by molar-refractivity contribution is 5.31. The molecule has 2 rings (SSSR count). The SMILES string of the molecule is C[C@H]1CC[C@H](c2cccc(C(C)(C)C)c2)C1. The van der Waals surface area contributed by atoms with E-state index in [2.05, 4.69) is 52.0 Å². The standard InChI is InChI=1S/C16H24/c1-12-8-9-14(10-12)13-6-5-7-15(11-13)16(2,3)4/h5-7,11-12,14H,8-10H2,1-4H3/t12-,14-/m0/s1. The molecule has 0 aliphatic heterocycles. The Bertz CT molecular complexity index is 357. The molecule has 0 spiro atoms. The van der Waals surface area contributed by atoms with Gasteiger partial charge in [0.2, 0.25) is 0 Å². The molecule has 16 heavy (non-hydrogen) atoms. The average molecular weight is 216 g/mol. The van der Waals surface area contributed by atoms with Crippen molar-refractivity contribution in [3.63, 3.8) is 0 Å². The molecule has 0 radical (unpaired) electrons. The molecule has 0 heteroatoms. The molecule has 0 amide bonds. The zero-order chi connectivity index (χ0) is 11.8. The zero-order valence-corrected chi connectivity index (χ0v) is 11.1. The molecule has 0 bridgehead atoms. The van der Waals surface area contributed by atoms with Crippen LogP contribution in [0.3, 0.4) is 0 Å². The molecule has 1 aliphatic carbocycles. The molecular weight excluding hydrogens is 192 g/mol. The van der Waals surface area contributed by atoms with Gasteiger partial charge >= 0.3 is 0 Å². The molecular formula is C16H24. The van der Waals surface area contributed by atoms with E-state index >= 15 is 0 Å². The molecule has 2 atom stereocenters. The van der Waals surface area contributed by atoms with Gasteiger partial charge in [0.05, 0.1) is 0 Å². The van der Waals surface area contributed by atoms with Crippen LogP contribution in [0.25, 0.3) is 0 Å². The molecule has 1 aliphatic rings. The van der Waals surface area contributed by atoms with E-state index in [1.807, 2.05) is 0 Å². The van der Waals surface area contributed by atoms with Gasteiger partial charge in [0, 0.05) is 0 Å². The number of hydrogen-bond donors (Lipinski definition) is 0. The highest BCUT2D eigenvalue weighted by Gasteiger charge is 2.23. The first kappa shape index (κ1) is 11.7. The maximum absolute atomic E-state index is 2.43. The lowest BCUT2D eigenvalue weighted by Crippen LogP contribution is -2.11. The maximum Gasteiger partial charge on any atom is -0.0132 e. The van der Waals surface area contributed by atoms with Crippen molar-refractivity contribution in [2.75, 3.05) is 0 Å². The van der Waals surface area contributed by atoms with Crippen molar-refractivity contribution >= 4 is 0 Å². The van der Waals surface area contributed by atoms with Crippen LogP contribution in [0.5, 0.6) is 0 Å². The zero-order valence-electron chi connectivity index (χ0n) is 11.1. The van der Waals surface area contributed by atoms with Crippen LogP contribution in [0.2, 0.25) is 0 Å². The summed E-state index contributed by atoms with van der Waals surface area (Å²) in [6, 6.07) is 9.25. The second-order valence-corrected chi connectivity index (χ2v) is 6.49. The van der Waals surface area contributed by atoms with Gasteiger partial charge in [-0.25, -0.2) is 0 Å². The summed E-state index contributed by atoms with van der Waals surface area (Å²) >= 11 is 0. The van der Waals surface area contributed by atoms with Gasteiger partial charge in [0.15, 0.2) is 0 Å². The Morgan fingerprint density at radius 1 is 1.12 bits per heavy atom. The minimum atomic E-state index is 0.278. The highest BCUT2D eigenvalue weighted by atomic mass is 14.3. The third-order valence-corrected chi connectivity index (χ3v) is 3.92. The largest absolute Gasteiger partial charge is 0.0625 e. The smallest absolute Gasteiger partial charge is 0.0132 e. The minimum absolute atomic E-state index is 0.278. The summed E-state index contributed by atoms with van der Waals surface area (Å²) in [6.07, 6.45) is 4.17. The van der Waals surface area contributed by atoms with Crippen LogP contribution in [0, 0.1) is 5.92 Å². The van der Waals surface area contributed by atoms with Crippen LogP contribution >= 0.6 is 0 Å². The fourth-order valence-corrected chi connectivity index (χ4v) is 2.77. The molecule has 1 fully saturated rings. The van der Waals surface area contributed by atoms with Gasteiger partial charge in [-0.1, -0.05) is 58.4 Å². The molecule has 0 N–H and O–H groups in total. The maximum atomic E-state index is 2.43. The molecule has 0 saturated heterocycles. The van der Waals surface area contributed by atoms with E-state index in [-0.39, 0.29) is 5.41 Å². The Kier molecular flexibility index (Phi) is 3.10. The second kappa shape index (κ2) is 4.24. The van der Waals surface area contributed by atoms with Crippen LogP contribution < -0.4 is 0 Å². The quantitative estimate of drug-likeness (QED) is 0.627. The summed E-state index contributed by atoms with van der Waals surface area (Å²) in [6.45, 7) is 9.27. The first-order valence-electron chi connectivity index (χ1n) is 6.57. The summed E-state index contributed by atoms with van der Waals surface area (Å²) in [7, 11) is 0. The van der Waals surface area contributed by atoms with Gasteiger partial charge in [-0.15, -0.1) is 0 Å². The van der Waals surface area contributed by atoms with E-state index in [1.165, 1.54) is 24.8 Å². The van der Waals surface area contributed by atoms with Crippen molar-refractivity contribution in [1.82, 2.24) is 0 Å². The Morgan fingerprint density at radius 3 is 2.44 bits per heavy atom. The topological polar surface area (TPSA) is 0 Å². The fourth-order valence-electron chi connectivity index (χ4n) is 2.77. The summed E-state index contributed by atoms with van der Waals surface area (Å²) in [5.41, 5.74) is 3.32. The molecule has 1 aromatic carbocycles. The second-order valence-electron chi connectivity index (χ2n) is 6.49. The monoisotopic (exact) mass is 216 g/mol. The van der Waals surface area contributed by atoms with Crippen molar-refractivity contribution in [3.05, 3.63) is 35.4 Å². The number of hydrogen-bond acceptors (Lipinski definition) is 0. The first-order valence-corrected chi connectivity index (χ1v) is 6.57. The first-order chi connectivity index (χ1) is 7.47. The summed E-state index contributed by atoms with van der Waals surface area (Å²) < 4.78 is 0. The fraction of sp³-hybridized carbons (Fsp3) is 0.625. The van der Waals surface area contributed by atoms with Crippen LogP contribution in [0.1, 0.15) is 64.0 Å². The van der Waals surface area contributed by atoms with Crippen LogP contribution in [0.4, 0.5) is 0 Å². The minimum Gasteiger partial charge on any atom is -0.0625 e. The Labute approximate surface area is 100 Å². The van der Waals surface area contributed by atoms with Gasteiger partial charge in [-0.05, 0) is 41.2 Å². The third-order valence-electron chi connectivity index (χ3n) is 3.92. The molecule has 88 valence electrons. The molecule has 1 aromatic rings.